The predicted molar refractivity (Wildman–Crippen MR) is 113 cm³/mol. The molecule has 2 aliphatic carbocycles. The monoisotopic (exact) mass is 464 g/mol. The molecule has 1 aliphatic heterocycles. The Hall–Kier alpha value is -2.23. The van der Waals surface area contributed by atoms with Gasteiger partial charge in [-0.25, -0.2) is 0 Å². The highest BCUT2D eigenvalue weighted by Gasteiger charge is 2.85. The van der Waals surface area contributed by atoms with Crippen LogP contribution >= 0.6 is 0 Å². The summed E-state index contributed by atoms with van der Waals surface area (Å²) >= 11 is 0. The number of carbonyl (C=O) groups excluding carboxylic acids is 3. The molecule has 0 bridgehead atoms. The van der Waals surface area contributed by atoms with Crippen LogP contribution in [0.2, 0.25) is 0 Å². The Kier molecular flexibility index (Phi) is 5.74. The fraction of sp³-hybridized carbons (Fsp3) is 0.708. The number of ether oxygens (including phenoxy) is 3. The van der Waals surface area contributed by atoms with Gasteiger partial charge in [-0.1, -0.05) is 13.8 Å². The average molecular weight is 465 g/mol. The lowest BCUT2D eigenvalue weighted by Gasteiger charge is -2.67. The maximum atomic E-state index is 13.5. The van der Waals surface area contributed by atoms with E-state index in [1.807, 2.05) is 13.0 Å². The normalized spacial score (nSPS) is 42.0. The number of epoxide rings is 1. The molecule has 0 amide bonds. The summed E-state index contributed by atoms with van der Waals surface area (Å²) in [5.41, 5.74) is -4.77. The first-order chi connectivity index (χ1) is 15.4. The maximum absolute atomic E-state index is 13.5. The van der Waals surface area contributed by atoms with Gasteiger partial charge in [-0.2, -0.15) is 0 Å². The Bertz CT molecular complexity index is 936. The summed E-state index contributed by atoms with van der Waals surface area (Å²) in [5.74, 6) is -2.29. The number of Topliss-reactive ketones (excluding diaryl/α,β-unsaturated/α-hetero) is 1. The van der Waals surface area contributed by atoms with E-state index < -0.39 is 64.5 Å². The first-order valence-electron chi connectivity index (χ1n) is 11.3. The van der Waals surface area contributed by atoms with E-state index in [2.05, 4.69) is 0 Å². The van der Waals surface area contributed by atoms with E-state index in [0.29, 0.717) is 12.8 Å². The van der Waals surface area contributed by atoms with Crippen LogP contribution in [0, 0.1) is 16.7 Å². The lowest BCUT2D eigenvalue weighted by molar-refractivity contribution is -0.305. The van der Waals surface area contributed by atoms with Gasteiger partial charge in [-0.15, -0.1) is 0 Å². The van der Waals surface area contributed by atoms with Crippen molar-refractivity contribution >= 4 is 17.7 Å². The number of hydrogen-bond donors (Lipinski definition) is 2. The van der Waals surface area contributed by atoms with Crippen LogP contribution < -0.4 is 0 Å². The number of esters is 2. The van der Waals surface area contributed by atoms with Crippen molar-refractivity contribution in [2.24, 2.45) is 16.7 Å². The molecule has 2 saturated carbocycles. The number of ketones is 1. The fourth-order valence-corrected chi connectivity index (χ4v) is 6.51. The molecule has 2 heterocycles. The molecular weight excluding hydrogens is 432 g/mol. The first kappa shape index (κ1) is 23.9. The third-order valence-corrected chi connectivity index (χ3v) is 8.62. The number of aliphatic hydroxyl groups excluding tert-OH is 1. The van der Waals surface area contributed by atoms with Gasteiger partial charge in [-0.05, 0) is 37.3 Å². The number of carbonyl (C=O) groups is 3. The summed E-state index contributed by atoms with van der Waals surface area (Å²) in [7, 11) is 0. The molecule has 1 aromatic rings. The van der Waals surface area contributed by atoms with Gasteiger partial charge >= 0.3 is 11.9 Å². The molecule has 1 spiro atoms. The summed E-state index contributed by atoms with van der Waals surface area (Å²) in [6, 6.07) is 1.83. The number of fused-ring (bicyclic) bond motifs is 2. The molecule has 0 unspecified atom stereocenters. The highest BCUT2D eigenvalue weighted by molar-refractivity contribution is 5.89. The molecule has 1 saturated heterocycles. The highest BCUT2D eigenvalue weighted by atomic mass is 16.6. The molecule has 9 heteroatoms. The second-order valence-electron chi connectivity index (χ2n) is 10.0. The van der Waals surface area contributed by atoms with Crippen molar-refractivity contribution in [3.63, 3.8) is 0 Å². The van der Waals surface area contributed by atoms with Crippen molar-refractivity contribution in [2.45, 2.75) is 76.8 Å². The van der Waals surface area contributed by atoms with Crippen LogP contribution in [-0.4, -0.2) is 64.6 Å². The van der Waals surface area contributed by atoms with E-state index in [9.17, 15) is 24.6 Å². The Morgan fingerprint density at radius 2 is 1.97 bits per heavy atom. The van der Waals surface area contributed by atoms with Crippen LogP contribution in [0.25, 0.3) is 0 Å². The number of hydrogen-bond acceptors (Lipinski definition) is 9. The van der Waals surface area contributed by atoms with Crippen molar-refractivity contribution in [3.05, 3.63) is 24.2 Å². The van der Waals surface area contributed by atoms with Gasteiger partial charge in [0.05, 0.1) is 24.7 Å². The summed E-state index contributed by atoms with van der Waals surface area (Å²) < 4.78 is 22.0. The molecule has 33 heavy (non-hydrogen) atoms. The van der Waals surface area contributed by atoms with Gasteiger partial charge in [0.1, 0.15) is 29.8 Å². The van der Waals surface area contributed by atoms with Gasteiger partial charge in [0.2, 0.25) is 0 Å². The Morgan fingerprint density at radius 1 is 1.27 bits per heavy atom. The van der Waals surface area contributed by atoms with Crippen LogP contribution in [0.15, 0.2) is 23.0 Å². The Labute approximate surface area is 192 Å². The molecule has 7 atom stereocenters. The van der Waals surface area contributed by atoms with Crippen LogP contribution in [0.3, 0.4) is 0 Å². The van der Waals surface area contributed by atoms with Crippen LogP contribution in [0.4, 0.5) is 0 Å². The number of furan rings is 1. The second-order valence-corrected chi connectivity index (χ2v) is 10.0. The minimum Gasteiger partial charge on any atom is -0.472 e. The Morgan fingerprint density at radius 3 is 2.52 bits per heavy atom. The smallest absolute Gasteiger partial charge is 0.303 e. The zero-order valence-electron chi connectivity index (χ0n) is 19.5. The summed E-state index contributed by atoms with van der Waals surface area (Å²) in [6.45, 7) is 5.68. The van der Waals surface area contributed by atoms with Crippen LogP contribution in [0.1, 0.15) is 52.5 Å². The van der Waals surface area contributed by atoms with Crippen molar-refractivity contribution in [1.29, 1.82) is 0 Å². The molecule has 0 aromatic carbocycles. The first-order valence-corrected chi connectivity index (χ1v) is 11.3. The molecule has 2 N–H and O–H groups in total. The molecule has 1 aromatic heterocycles. The zero-order chi connectivity index (χ0) is 24.2. The van der Waals surface area contributed by atoms with Crippen molar-refractivity contribution in [1.82, 2.24) is 0 Å². The summed E-state index contributed by atoms with van der Waals surface area (Å²) in [4.78, 5) is 37.2. The lowest BCUT2D eigenvalue weighted by atomic mass is 9.39. The van der Waals surface area contributed by atoms with Crippen molar-refractivity contribution in [3.8, 4) is 0 Å². The van der Waals surface area contributed by atoms with Crippen LogP contribution in [-0.2, 0) is 35.0 Å². The molecule has 3 fully saturated rings. The maximum Gasteiger partial charge on any atom is 0.303 e. The lowest BCUT2D eigenvalue weighted by Crippen LogP contribution is -2.81. The molecule has 182 valence electrons. The molecule has 4 rings (SSSR count). The van der Waals surface area contributed by atoms with Gasteiger partial charge in [-0.3, -0.25) is 14.4 Å². The summed E-state index contributed by atoms with van der Waals surface area (Å²) in [6.07, 6.45) is 2.09. The van der Waals surface area contributed by atoms with Gasteiger partial charge in [0.25, 0.3) is 0 Å². The largest absolute Gasteiger partial charge is 0.472 e. The van der Waals surface area contributed by atoms with Gasteiger partial charge < -0.3 is 28.8 Å². The van der Waals surface area contributed by atoms with E-state index in [-0.39, 0.29) is 19.4 Å². The predicted octanol–water partition coefficient (Wildman–Crippen LogP) is 1.57. The molecule has 3 aliphatic rings. The Balaban J connectivity index is 1.85. The van der Waals surface area contributed by atoms with Gasteiger partial charge in [0.15, 0.2) is 5.78 Å². The minimum absolute atomic E-state index is 0.0606. The van der Waals surface area contributed by atoms with Crippen molar-refractivity contribution < 1.29 is 43.2 Å². The SMILES string of the molecule is CC(=O)OC[C@@]12[C@@H](O)C(=O)[C@H](C)[C@](C)(CCc3ccoc3)[C@@]1(O)CC[C@H](OC(C)=O)[C@]21CO1. The topological polar surface area (TPSA) is 136 Å². The van der Waals surface area contributed by atoms with E-state index in [0.717, 1.165) is 5.56 Å². The standard InChI is InChI=1S/C24H32O9/c1-14-19(27)20(28)22(12-31-15(2)25)23(13-32-23)18(33-16(3)26)6-9-24(22,29)21(14,4)8-5-17-7-10-30-11-17/h7,10-11,14,18,20,28-29H,5-6,8-9,12-13H2,1-4H3/t14-,18-,20-,21-,22-,23+,24-/m0/s1. The van der Waals surface area contributed by atoms with Gasteiger partial charge in [0, 0.05) is 25.2 Å². The quantitative estimate of drug-likeness (QED) is 0.475. The number of aliphatic hydroxyl groups is 2. The molecule has 9 nitrogen and oxygen atoms in total. The minimum atomic E-state index is -1.70. The zero-order valence-corrected chi connectivity index (χ0v) is 19.5. The molecular formula is C24H32O9. The van der Waals surface area contributed by atoms with E-state index in [1.165, 1.54) is 13.8 Å². The summed E-state index contributed by atoms with van der Waals surface area (Å²) in [5, 5.41) is 24.0. The number of rotatable bonds is 6. The van der Waals surface area contributed by atoms with E-state index in [1.54, 1.807) is 19.5 Å². The average Bonchev–Trinajstić information content (AvgIpc) is 3.37. The van der Waals surface area contributed by atoms with Crippen LogP contribution in [0.5, 0.6) is 0 Å². The molecule has 0 radical (unpaired) electrons. The van der Waals surface area contributed by atoms with E-state index >= 15 is 0 Å². The fourth-order valence-electron chi connectivity index (χ4n) is 6.51. The van der Waals surface area contributed by atoms with E-state index in [4.69, 9.17) is 18.6 Å². The van der Waals surface area contributed by atoms with Crippen molar-refractivity contribution in [2.75, 3.05) is 13.2 Å². The highest BCUT2D eigenvalue weighted by Crippen LogP contribution is 2.70. The second kappa shape index (κ2) is 7.92. The third-order valence-electron chi connectivity index (χ3n) is 8.62. The number of aryl methyl sites for hydroxylation is 1. The third kappa shape index (κ3) is 3.19.